The van der Waals surface area contributed by atoms with Gasteiger partial charge in [0.05, 0.1) is 18.2 Å². The van der Waals surface area contributed by atoms with Gasteiger partial charge in [-0.05, 0) is 12.3 Å². The molecule has 6 nitrogen and oxygen atoms in total. The van der Waals surface area contributed by atoms with Crippen molar-refractivity contribution in [1.29, 1.82) is 5.41 Å². The number of nitrogens with one attached hydrogen (secondary N) is 2. The average molecular weight is 226 g/mol. The van der Waals surface area contributed by atoms with Gasteiger partial charge in [0.15, 0.2) is 0 Å². The Morgan fingerprint density at radius 1 is 1.56 bits per heavy atom. The van der Waals surface area contributed by atoms with E-state index in [1.807, 2.05) is 0 Å². The van der Waals surface area contributed by atoms with E-state index in [9.17, 15) is 4.79 Å². The van der Waals surface area contributed by atoms with Crippen LogP contribution in [0.5, 0.6) is 0 Å². The van der Waals surface area contributed by atoms with E-state index in [0.29, 0.717) is 12.5 Å². The van der Waals surface area contributed by atoms with Crippen molar-refractivity contribution in [3.05, 3.63) is 11.8 Å². The molecular weight excluding hydrogens is 208 g/mol. The lowest BCUT2D eigenvalue weighted by atomic mass is 9.97. The smallest absolute Gasteiger partial charge is 0.253 e. The molecule has 0 aromatic carbocycles. The quantitative estimate of drug-likeness (QED) is 0.288. The van der Waals surface area contributed by atoms with Crippen LogP contribution in [0.4, 0.5) is 0 Å². The molecule has 1 aliphatic heterocycles. The summed E-state index contributed by atoms with van der Waals surface area (Å²) >= 11 is 0. The van der Waals surface area contributed by atoms with Crippen LogP contribution >= 0.6 is 0 Å². The summed E-state index contributed by atoms with van der Waals surface area (Å²) in [4.78, 5) is 11.0. The summed E-state index contributed by atoms with van der Waals surface area (Å²) in [7, 11) is 0. The summed E-state index contributed by atoms with van der Waals surface area (Å²) < 4.78 is 5.31. The molecule has 0 bridgehead atoms. The third-order valence-electron chi connectivity index (χ3n) is 2.70. The third-order valence-corrected chi connectivity index (χ3v) is 2.70. The van der Waals surface area contributed by atoms with Gasteiger partial charge in [-0.1, -0.05) is 6.92 Å². The molecule has 0 spiro atoms. The van der Waals surface area contributed by atoms with E-state index in [1.54, 1.807) is 0 Å². The average Bonchev–Trinajstić information content (AvgIpc) is 2.20. The highest BCUT2D eigenvalue weighted by atomic mass is 16.5. The molecular formula is C10H18N4O2. The van der Waals surface area contributed by atoms with E-state index in [2.05, 4.69) is 12.2 Å². The van der Waals surface area contributed by atoms with Crippen LogP contribution in [0.2, 0.25) is 0 Å². The van der Waals surface area contributed by atoms with Gasteiger partial charge >= 0.3 is 0 Å². The molecule has 1 fully saturated rings. The first kappa shape index (κ1) is 12.5. The molecule has 1 saturated heterocycles. The van der Waals surface area contributed by atoms with E-state index in [4.69, 9.17) is 21.6 Å². The number of nitrogens with two attached hydrogens (primary N) is 2. The van der Waals surface area contributed by atoms with E-state index in [-0.39, 0.29) is 17.5 Å². The summed E-state index contributed by atoms with van der Waals surface area (Å²) in [5.74, 6) is -0.583. The van der Waals surface area contributed by atoms with E-state index in [0.717, 1.165) is 13.0 Å². The maximum atomic E-state index is 11.0. The van der Waals surface area contributed by atoms with Crippen molar-refractivity contribution in [2.75, 3.05) is 13.2 Å². The van der Waals surface area contributed by atoms with Gasteiger partial charge < -0.3 is 21.5 Å². The number of amidine groups is 1. The minimum absolute atomic E-state index is 0.00206. The molecule has 1 heterocycles. The molecule has 0 radical (unpaired) electrons. The number of hydrogen-bond acceptors (Lipinski definition) is 4. The van der Waals surface area contributed by atoms with Gasteiger partial charge in [0.25, 0.3) is 5.91 Å². The predicted octanol–water partition coefficient (Wildman–Crippen LogP) is -0.694. The molecule has 6 heteroatoms. The Hall–Kier alpha value is -1.56. The molecule has 0 unspecified atom stereocenters. The first-order valence-corrected chi connectivity index (χ1v) is 5.20. The van der Waals surface area contributed by atoms with Crippen molar-refractivity contribution >= 4 is 11.7 Å². The molecule has 0 aliphatic carbocycles. The second-order valence-electron chi connectivity index (χ2n) is 3.95. The van der Waals surface area contributed by atoms with Crippen LogP contribution in [-0.4, -0.2) is 31.0 Å². The Balaban J connectivity index is 2.61. The molecule has 1 amide bonds. The number of primary amides is 1. The second-order valence-corrected chi connectivity index (χ2v) is 3.95. The summed E-state index contributed by atoms with van der Waals surface area (Å²) in [5.41, 5.74) is 10.3. The van der Waals surface area contributed by atoms with Gasteiger partial charge in [0, 0.05) is 12.8 Å². The molecule has 0 saturated carbocycles. The van der Waals surface area contributed by atoms with E-state index in [1.165, 1.54) is 6.20 Å². The Kier molecular flexibility index (Phi) is 4.30. The molecule has 1 rings (SSSR count). The zero-order valence-electron chi connectivity index (χ0n) is 9.32. The zero-order chi connectivity index (χ0) is 12.1. The number of rotatable bonds is 4. The number of hydrogen-bond donors (Lipinski definition) is 4. The highest BCUT2D eigenvalue weighted by Crippen LogP contribution is 2.14. The topological polar surface area (TPSA) is 114 Å². The van der Waals surface area contributed by atoms with Gasteiger partial charge in [-0.15, -0.1) is 0 Å². The maximum absolute atomic E-state index is 11.0. The summed E-state index contributed by atoms with van der Waals surface area (Å²) in [6.45, 7) is 3.45. The Bertz CT molecular complexity index is 298. The van der Waals surface area contributed by atoms with Crippen LogP contribution in [0.15, 0.2) is 11.8 Å². The Morgan fingerprint density at radius 2 is 2.25 bits per heavy atom. The van der Waals surface area contributed by atoms with Gasteiger partial charge in [0.2, 0.25) is 0 Å². The predicted molar refractivity (Wildman–Crippen MR) is 60.7 cm³/mol. The third kappa shape index (κ3) is 3.23. The van der Waals surface area contributed by atoms with Gasteiger partial charge in [-0.2, -0.15) is 0 Å². The van der Waals surface area contributed by atoms with Crippen LogP contribution in [-0.2, 0) is 9.53 Å². The molecule has 0 aromatic rings. The highest BCUT2D eigenvalue weighted by molar-refractivity contribution is 6.18. The Labute approximate surface area is 94.5 Å². The highest BCUT2D eigenvalue weighted by Gasteiger charge is 2.21. The van der Waals surface area contributed by atoms with Crippen molar-refractivity contribution in [3.8, 4) is 0 Å². The van der Waals surface area contributed by atoms with Crippen molar-refractivity contribution in [3.63, 3.8) is 0 Å². The fraction of sp³-hybridized carbons (Fsp3) is 0.600. The fourth-order valence-corrected chi connectivity index (χ4v) is 1.53. The van der Waals surface area contributed by atoms with Gasteiger partial charge in [-0.25, -0.2) is 0 Å². The van der Waals surface area contributed by atoms with Crippen molar-refractivity contribution in [1.82, 2.24) is 5.32 Å². The summed E-state index contributed by atoms with van der Waals surface area (Å²) in [5, 5.41) is 10.2. The van der Waals surface area contributed by atoms with Crippen LogP contribution in [0.1, 0.15) is 13.3 Å². The SMILES string of the molecule is C[C@H]1CCOC[C@@H]1N/C=C(\C(=N)N)C(N)=O. The minimum atomic E-state index is -0.704. The van der Waals surface area contributed by atoms with E-state index >= 15 is 0 Å². The lowest BCUT2D eigenvalue weighted by molar-refractivity contribution is -0.114. The van der Waals surface area contributed by atoms with Crippen molar-refractivity contribution in [2.45, 2.75) is 19.4 Å². The number of carbonyl (C=O) groups is 1. The summed E-state index contributed by atoms with van der Waals surface area (Å²) in [6.07, 6.45) is 2.37. The summed E-state index contributed by atoms with van der Waals surface area (Å²) in [6, 6.07) is 0.127. The van der Waals surface area contributed by atoms with Crippen molar-refractivity contribution < 1.29 is 9.53 Å². The van der Waals surface area contributed by atoms with Gasteiger partial charge in [-0.3, -0.25) is 10.2 Å². The minimum Gasteiger partial charge on any atom is -0.385 e. The molecule has 2 atom stereocenters. The van der Waals surface area contributed by atoms with Crippen molar-refractivity contribution in [2.24, 2.45) is 17.4 Å². The van der Waals surface area contributed by atoms with Crippen LogP contribution in [0.3, 0.4) is 0 Å². The molecule has 90 valence electrons. The van der Waals surface area contributed by atoms with Gasteiger partial charge in [0.1, 0.15) is 5.84 Å². The lowest BCUT2D eigenvalue weighted by Gasteiger charge is -2.29. The normalized spacial score (nSPS) is 26.2. The van der Waals surface area contributed by atoms with Crippen LogP contribution in [0.25, 0.3) is 0 Å². The first-order valence-electron chi connectivity index (χ1n) is 5.20. The molecule has 1 aliphatic rings. The van der Waals surface area contributed by atoms with Crippen LogP contribution < -0.4 is 16.8 Å². The molecule has 6 N–H and O–H groups in total. The zero-order valence-corrected chi connectivity index (χ0v) is 9.32. The molecule has 16 heavy (non-hydrogen) atoms. The first-order chi connectivity index (χ1) is 7.52. The maximum Gasteiger partial charge on any atom is 0.253 e. The second kappa shape index (κ2) is 5.50. The fourth-order valence-electron chi connectivity index (χ4n) is 1.53. The Morgan fingerprint density at radius 3 is 2.75 bits per heavy atom. The number of carbonyl (C=O) groups excluding carboxylic acids is 1. The molecule has 0 aromatic heterocycles. The monoisotopic (exact) mass is 226 g/mol. The number of ether oxygens (including phenoxy) is 1. The lowest BCUT2D eigenvalue weighted by Crippen LogP contribution is -2.41. The standard InChI is InChI=1S/C10H18N4O2/c1-6-2-3-16-5-8(6)14-4-7(9(11)12)10(13)15/h4,6,8,14H,2-3,5H2,1H3,(H3,11,12)(H2,13,15)/b7-4+/t6-,8-/m0/s1. The van der Waals surface area contributed by atoms with Crippen LogP contribution in [0, 0.1) is 11.3 Å². The number of amides is 1. The largest absolute Gasteiger partial charge is 0.385 e. The van der Waals surface area contributed by atoms with E-state index < -0.39 is 5.91 Å².